The van der Waals surface area contributed by atoms with Gasteiger partial charge in [0.05, 0.1) is 5.56 Å². The van der Waals surface area contributed by atoms with Gasteiger partial charge in [-0.25, -0.2) is 9.59 Å². The number of esters is 2. The van der Waals surface area contributed by atoms with Gasteiger partial charge in [-0.3, -0.25) is 0 Å². The van der Waals surface area contributed by atoms with Gasteiger partial charge in [0.15, 0.2) is 6.61 Å². The van der Waals surface area contributed by atoms with Gasteiger partial charge in [-0.2, -0.15) is 22.0 Å². The number of carbonyl (C=O) groups excluding carboxylic acids is 2. The van der Waals surface area contributed by atoms with E-state index in [0.29, 0.717) is 22.5 Å². The van der Waals surface area contributed by atoms with Crippen LogP contribution in [-0.2, 0) is 16.1 Å². The molecule has 0 radical (unpaired) electrons. The molecule has 0 spiro atoms. The number of alkyl halides is 5. The number of nitrogen functional groups attached to an aromatic ring is 2. The summed E-state index contributed by atoms with van der Waals surface area (Å²) in [6, 6.07) is 15.4. The largest absolute Gasteiger partial charge is 0.487 e. The van der Waals surface area contributed by atoms with Crippen LogP contribution in [0.25, 0.3) is 6.08 Å². The molecule has 0 saturated carbocycles. The number of hydrogen-bond donors (Lipinski definition) is 2. The highest BCUT2D eigenvalue weighted by Crippen LogP contribution is 2.35. The van der Waals surface area contributed by atoms with E-state index in [1.54, 1.807) is 30.3 Å². The van der Waals surface area contributed by atoms with Crippen LogP contribution in [0.15, 0.2) is 72.8 Å². The first-order valence-electron chi connectivity index (χ1n) is 10.8. The molecule has 4 N–H and O–H groups in total. The minimum absolute atomic E-state index is 0.00794. The zero-order valence-electron chi connectivity index (χ0n) is 19.5. The van der Waals surface area contributed by atoms with Gasteiger partial charge in [0.25, 0.3) is 0 Å². The molecule has 0 fully saturated rings. The fourth-order valence-electron chi connectivity index (χ4n) is 2.95. The van der Waals surface area contributed by atoms with Crippen molar-refractivity contribution >= 4 is 29.4 Å². The predicted molar refractivity (Wildman–Crippen MR) is 128 cm³/mol. The maximum absolute atomic E-state index is 12.9. The minimum Gasteiger partial charge on any atom is -0.487 e. The van der Waals surface area contributed by atoms with Gasteiger partial charge in [-0.15, -0.1) is 0 Å². The second kappa shape index (κ2) is 11.6. The number of nitrogens with two attached hydrogens (primary N) is 2. The summed E-state index contributed by atoms with van der Waals surface area (Å²) < 4.78 is 77.3. The molecule has 0 bridgehead atoms. The lowest BCUT2D eigenvalue weighted by Gasteiger charge is -2.19. The van der Waals surface area contributed by atoms with Crippen LogP contribution in [0.1, 0.15) is 21.5 Å². The van der Waals surface area contributed by atoms with E-state index in [-0.39, 0.29) is 23.7 Å². The molecule has 0 heterocycles. The van der Waals surface area contributed by atoms with Gasteiger partial charge in [-0.1, -0.05) is 12.1 Å². The van der Waals surface area contributed by atoms with Crippen molar-refractivity contribution in [3.63, 3.8) is 0 Å². The monoisotopic (exact) mass is 536 g/mol. The number of halogens is 5. The topological polar surface area (TPSA) is 114 Å². The van der Waals surface area contributed by atoms with E-state index in [9.17, 15) is 31.5 Å². The lowest BCUT2D eigenvalue weighted by Crippen LogP contribution is -2.41. The van der Waals surface area contributed by atoms with E-state index in [1.165, 1.54) is 24.3 Å². The summed E-state index contributed by atoms with van der Waals surface area (Å²) in [5.41, 5.74) is 13.5. The molecule has 200 valence electrons. The Balaban J connectivity index is 1.49. The van der Waals surface area contributed by atoms with Gasteiger partial charge in [0.1, 0.15) is 18.1 Å². The van der Waals surface area contributed by atoms with Gasteiger partial charge in [0.2, 0.25) is 0 Å². The van der Waals surface area contributed by atoms with Gasteiger partial charge >= 0.3 is 24.0 Å². The van der Waals surface area contributed by atoms with Crippen LogP contribution in [0.4, 0.5) is 33.3 Å². The van der Waals surface area contributed by atoms with Crippen LogP contribution in [0.3, 0.4) is 0 Å². The van der Waals surface area contributed by atoms with Crippen molar-refractivity contribution in [2.24, 2.45) is 0 Å². The molecule has 0 aromatic heterocycles. The Morgan fingerprint density at radius 3 is 1.97 bits per heavy atom. The van der Waals surface area contributed by atoms with E-state index in [1.807, 2.05) is 0 Å². The SMILES string of the molecule is Nc1cc(N)cc(COC(=O)C=Cc2ccc(OC(=O)c3ccc(OCC(F)(F)C(F)(F)F)cc3)cc2)c1. The summed E-state index contributed by atoms with van der Waals surface area (Å²) in [5.74, 6) is -6.53. The van der Waals surface area contributed by atoms with Crippen LogP contribution in [0.5, 0.6) is 11.5 Å². The van der Waals surface area contributed by atoms with Crippen molar-refractivity contribution < 1.29 is 45.8 Å². The van der Waals surface area contributed by atoms with Gasteiger partial charge < -0.3 is 25.7 Å². The Kier molecular flexibility index (Phi) is 8.56. The van der Waals surface area contributed by atoms with E-state index in [4.69, 9.17) is 20.9 Å². The standard InChI is InChI=1S/C26H21F5N2O5/c27-25(28,26(29,30)31)15-37-21-8-4-18(5-9-21)24(35)38-22-6-1-16(2-7-22)3-10-23(34)36-14-17-11-19(32)13-20(33)12-17/h1-13H,14-15,32-33H2. The molecular weight excluding hydrogens is 515 g/mol. The highest BCUT2D eigenvalue weighted by Gasteiger charge is 2.58. The lowest BCUT2D eigenvalue weighted by atomic mass is 10.2. The molecule has 3 rings (SSSR count). The lowest BCUT2D eigenvalue weighted by molar-refractivity contribution is -0.290. The highest BCUT2D eigenvalue weighted by molar-refractivity contribution is 5.91. The zero-order chi connectivity index (χ0) is 27.9. The highest BCUT2D eigenvalue weighted by atomic mass is 19.4. The van der Waals surface area contributed by atoms with Crippen molar-refractivity contribution in [1.29, 1.82) is 0 Å². The van der Waals surface area contributed by atoms with Crippen molar-refractivity contribution in [1.82, 2.24) is 0 Å². The van der Waals surface area contributed by atoms with Crippen LogP contribution in [-0.4, -0.2) is 30.6 Å². The summed E-state index contributed by atoms with van der Waals surface area (Å²) >= 11 is 0. The Morgan fingerprint density at radius 1 is 0.816 bits per heavy atom. The van der Waals surface area contributed by atoms with E-state index < -0.39 is 30.6 Å². The maximum Gasteiger partial charge on any atom is 0.456 e. The first-order chi connectivity index (χ1) is 17.8. The van der Waals surface area contributed by atoms with Crippen molar-refractivity contribution in [2.45, 2.75) is 18.7 Å². The molecule has 0 aliphatic rings. The number of rotatable bonds is 9. The van der Waals surface area contributed by atoms with Crippen molar-refractivity contribution in [3.8, 4) is 11.5 Å². The Labute approximate surface area is 213 Å². The van der Waals surface area contributed by atoms with Gasteiger partial charge in [-0.05, 0) is 71.8 Å². The van der Waals surface area contributed by atoms with E-state index >= 15 is 0 Å². The fraction of sp³-hybridized carbons (Fsp3) is 0.154. The average Bonchev–Trinajstić information content (AvgIpc) is 2.85. The van der Waals surface area contributed by atoms with E-state index in [0.717, 1.165) is 24.3 Å². The fourth-order valence-corrected chi connectivity index (χ4v) is 2.95. The number of hydrogen-bond acceptors (Lipinski definition) is 7. The number of benzene rings is 3. The summed E-state index contributed by atoms with van der Waals surface area (Å²) in [6.45, 7) is -1.91. The van der Waals surface area contributed by atoms with E-state index in [2.05, 4.69) is 4.74 Å². The van der Waals surface area contributed by atoms with Crippen molar-refractivity contribution in [3.05, 3.63) is 89.5 Å². The third-order valence-electron chi connectivity index (χ3n) is 4.85. The number of carbonyl (C=O) groups is 2. The first-order valence-corrected chi connectivity index (χ1v) is 10.8. The Bertz CT molecular complexity index is 1290. The number of ether oxygens (including phenoxy) is 3. The molecule has 0 unspecified atom stereocenters. The Morgan fingerprint density at radius 2 is 1.39 bits per heavy atom. The molecule has 0 aliphatic carbocycles. The zero-order valence-corrected chi connectivity index (χ0v) is 19.5. The quantitative estimate of drug-likeness (QED) is 0.124. The summed E-state index contributed by atoms with van der Waals surface area (Å²) in [4.78, 5) is 24.2. The van der Waals surface area contributed by atoms with Gasteiger partial charge in [0, 0.05) is 17.5 Å². The molecule has 12 heteroatoms. The summed E-state index contributed by atoms with van der Waals surface area (Å²) in [6.07, 6.45) is -3.04. The van der Waals surface area contributed by atoms with Crippen LogP contribution in [0.2, 0.25) is 0 Å². The molecule has 38 heavy (non-hydrogen) atoms. The molecule has 7 nitrogen and oxygen atoms in total. The molecular formula is C26H21F5N2O5. The summed E-state index contributed by atoms with van der Waals surface area (Å²) in [7, 11) is 0. The van der Waals surface area contributed by atoms with Crippen molar-refractivity contribution in [2.75, 3.05) is 18.1 Å². The molecule has 3 aromatic rings. The normalized spacial score (nSPS) is 11.8. The predicted octanol–water partition coefficient (Wildman–Crippen LogP) is 5.40. The third-order valence-corrected chi connectivity index (χ3v) is 4.85. The molecule has 0 saturated heterocycles. The smallest absolute Gasteiger partial charge is 0.456 e. The van der Waals surface area contributed by atoms with Crippen LogP contribution in [0, 0.1) is 0 Å². The molecule has 3 aromatic carbocycles. The first kappa shape index (κ1) is 28.0. The third kappa shape index (κ3) is 7.95. The second-order valence-electron chi connectivity index (χ2n) is 7.92. The molecule has 0 aliphatic heterocycles. The maximum atomic E-state index is 12.9. The summed E-state index contributed by atoms with van der Waals surface area (Å²) in [5, 5.41) is 0. The van der Waals surface area contributed by atoms with Crippen LogP contribution < -0.4 is 20.9 Å². The minimum atomic E-state index is -5.74. The molecule has 0 atom stereocenters. The average molecular weight is 536 g/mol. The Hall–Kier alpha value is -4.61. The second-order valence-corrected chi connectivity index (χ2v) is 7.92. The molecule has 0 amide bonds. The number of anilines is 2. The van der Waals surface area contributed by atoms with Crippen LogP contribution >= 0.6 is 0 Å².